The summed E-state index contributed by atoms with van der Waals surface area (Å²) in [6.07, 6.45) is 0. The average Bonchev–Trinajstić information content (AvgIpc) is 2.25. The third kappa shape index (κ3) is 3.10. The molecule has 0 atom stereocenters. The fourth-order valence-electron chi connectivity index (χ4n) is 1.17. The van der Waals surface area contributed by atoms with Crippen molar-refractivity contribution in [1.82, 2.24) is 0 Å². The van der Waals surface area contributed by atoms with Crippen LogP contribution in [0, 0.1) is 13.8 Å². The van der Waals surface area contributed by atoms with Gasteiger partial charge in [0.15, 0.2) is 0 Å². The average molecular weight is 238 g/mol. The number of ether oxygens (including phenoxy) is 1. The highest BCUT2D eigenvalue weighted by molar-refractivity contribution is 8.15. The van der Waals surface area contributed by atoms with E-state index < -0.39 is 11.1 Å². The van der Waals surface area contributed by atoms with Gasteiger partial charge in [0.05, 0.1) is 6.61 Å². The maximum Gasteiger partial charge on any atom is 0.386 e. The summed E-state index contributed by atoms with van der Waals surface area (Å²) in [6.45, 7) is 5.79. The Hall–Kier alpha value is -1.29. The predicted octanol–water partition coefficient (Wildman–Crippen LogP) is 2.49. The quantitative estimate of drug-likeness (QED) is 0.451. The molecule has 16 heavy (non-hydrogen) atoms. The smallest absolute Gasteiger partial charge is 0.386 e. The number of thioether (sulfide) groups is 1. The van der Waals surface area contributed by atoms with Crippen LogP contribution < -0.4 is 0 Å². The van der Waals surface area contributed by atoms with E-state index in [1.165, 1.54) is 0 Å². The Morgan fingerprint density at radius 3 is 2.62 bits per heavy atom. The predicted molar refractivity (Wildman–Crippen MR) is 63.4 cm³/mol. The van der Waals surface area contributed by atoms with Crippen LogP contribution in [-0.4, -0.2) is 17.7 Å². The Balaban J connectivity index is 2.77. The van der Waals surface area contributed by atoms with E-state index in [1.807, 2.05) is 32.0 Å². The van der Waals surface area contributed by atoms with Crippen molar-refractivity contribution in [3.8, 4) is 0 Å². The standard InChI is InChI=1S/C12H14O3S/c1-4-15-11(13)12(14)16-10-7-5-6-8(2)9(10)3/h5-7H,4H2,1-3H3. The van der Waals surface area contributed by atoms with Crippen LogP contribution in [0.4, 0.5) is 0 Å². The van der Waals surface area contributed by atoms with Gasteiger partial charge in [-0.1, -0.05) is 12.1 Å². The molecule has 0 radical (unpaired) electrons. The molecule has 3 nitrogen and oxygen atoms in total. The van der Waals surface area contributed by atoms with Gasteiger partial charge in [-0.05, 0) is 49.7 Å². The molecular weight excluding hydrogens is 224 g/mol. The first-order valence-corrected chi connectivity index (χ1v) is 5.83. The van der Waals surface area contributed by atoms with Crippen molar-refractivity contribution in [2.45, 2.75) is 25.7 Å². The lowest BCUT2D eigenvalue weighted by atomic mass is 10.1. The molecule has 0 N–H and O–H groups in total. The molecule has 0 bridgehead atoms. The van der Waals surface area contributed by atoms with Crippen molar-refractivity contribution in [3.63, 3.8) is 0 Å². The van der Waals surface area contributed by atoms with Crippen molar-refractivity contribution < 1.29 is 14.3 Å². The van der Waals surface area contributed by atoms with Gasteiger partial charge >= 0.3 is 11.1 Å². The molecule has 0 aliphatic rings. The van der Waals surface area contributed by atoms with Gasteiger partial charge in [-0.3, -0.25) is 4.79 Å². The van der Waals surface area contributed by atoms with Crippen molar-refractivity contribution in [2.75, 3.05) is 6.61 Å². The molecule has 0 aliphatic carbocycles. The van der Waals surface area contributed by atoms with Gasteiger partial charge in [0.1, 0.15) is 0 Å². The summed E-state index contributed by atoms with van der Waals surface area (Å²) in [5, 5.41) is -0.574. The first kappa shape index (κ1) is 12.8. The summed E-state index contributed by atoms with van der Waals surface area (Å²) in [4.78, 5) is 23.4. The van der Waals surface area contributed by atoms with E-state index in [-0.39, 0.29) is 6.61 Å². The normalized spacial score (nSPS) is 9.94. The number of aryl methyl sites for hydroxylation is 1. The van der Waals surface area contributed by atoms with Crippen LogP contribution in [0.2, 0.25) is 0 Å². The van der Waals surface area contributed by atoms with Crippen LogP contribution in [0.5, 0.6) is 0 Å². The number of carbonyl (C=O) groups excluding carboxylic acids is 2. The van der Waals surface area contributed by atoms with E-state index >= 15 is 0 Å². The van der Waals surface area contributed by atoms with Crippen LogP contribution in [0.25, 0.3) is 0 Å². The lowest BCUT2D eigenvalue weighted by molar-refractivity contribution is -0.149. The zero-order chi connectivity index (χ0) is 12.1. The molecule has 1 aromatic rings. The topological polar surface area (TPSA) is 43.4 Å². The molecule has 0 aliphatic heterocycles. The van der Waals surface area contributed by atoms with Gasteiger partial charge in [0.2, 0.25) is 0 Å². The molecule has 1 rings (SSSR count). The van der Waals surface area contributed by atoms with E-state index in [2.05, 4.69) is 4.74 Å². The second-order valence-electron chi connectivity index (χ2n) is 3.31. The van der Waals surface area contributed by atoms with E-state index in [0.717, 1.165) is 27.8 Å². The highest BCUT2D eigenvalue weighted by Crippen LogP contribution is 2.25. The fraction of sp³-hybridized carbons (Fsp3) is 0.333. The van der Waals surface area contributed by atoms with Crippen molar-refractivity contribution in [2.24, 2.45) is 0 Å². The van der Waals surface area contributed by atoms with Gasteiger partial charge in [0, 0.05) is 4.90 Å². The number of hydrogen-bond donors (Lipinski definition) is 0. The van der Waals surface area contributed by atoms with E-state index in [4.69, 9.17) is 0 Å². The maximum atomic E-state index is 11.5. The SMILES string of the molecule is CCOC(=O)C(=O)Sc1cccc(C)c1C. The molecule has 0 fully saturated rings. The van der Waals surface area contributed by atoms with Crippen molar-refractivity contribution >= 4 is 22.8 Å². The summed E-state index contributed by atoms with van der Waals surface area (Å²) < 4.78 is 4.64. The van der Waals surface area contributed by atoms with E-state index in [1.54, 1.807) is 6.92 Å². The van der Waals surface area contributed by atoms with Gasteiger partial charge in [-0.2, -0.15) is 0 Å². The molecule has 0 unspecified atom stereocenters. The van der Waals surface area contributed by atoms with Crippen molar-refractivity contribution in [3.05, 3.63) is 29.3 Å². The Labute approximate surface area is 99.2 Å². The number of benzene rings is 1. The molecule has 86 valence electrons. The summed E-state index contributed by atoms with van der Waals surface area (Å²) >= 11 is 0.919. The van der Waals surface area contributed by atoms with Gasteiger partial charge in [-0.25, -0.2) is 4.79 Å². The molecular formula is C12H14O3S. The lowest BCUT2D eigenvalue weighted by Gasteiger charge is -2.06. The number of esters is 1. The molecule has 0 spiro atoms. The molecule has 0 amide bonds. The van der Waals surface area contributed by atoms with Crippen LogP contribution in [-0.2, 0) is 14.3 Å². The molecule has 0 aromatic heterocycles. The Bertz CT molecular complexity index is 413. The third-order valence-corrected chi connectivity index (χ3v) is 3.21. The first-order chi connectivity index (χ1) is 7.56. The number of hydrogen-bond acceptors (Lipinski definition) is 4. The minimum Gasteiger partial charge on any atom is -0.460 e. The second kappa shape index (κ2) is 5.70. The highest BCUT2D eigenvalue weighted by Gasteiger charge is 2.17. The molecule has 0 saturated heterocycles. The molecule has 1 aromatic carbocycles. The Morgan fingerprint density at radius 2 is 2.00 bits per heavy atom. The second-order valence-corrected chi connectivity index (χ2v) is 4.32. The number of carbonyl (C=O) groups is 2. The monoisotopic (exact) mass is 238 g/mol. The van der Waals surface area contributed by atoms with Crippen molar-refractivity contribution in [1.29, 1.82) is 0 Å². The summed E-state index contributed by atoms with van der Waals surface area (Å²) in [5.74, 6) is -0.784. The molecule has 0 saturated carbocycles. The number of rotatable bonds is 2. The summed E-state index contributed by atoms with van der Waals surface area (Å²) in [5.41, 5.74) is 2.12. The van der Waals surface area contributed by atoms with Gasteiger partial charge in [0.25, 0.3) is 0 Å². The zero-order valence-corrected chi connectivity index (χ0v) is 10.4. The summed E-state index contributed by atoms with van der Waals surface area (Å²) in [7, 11) is 0. The minimum atomic E-state index is -0.784. The van der Waals surface area contributed by atoms with Gasteiger partial charge < -0.3 is 4.74 Å². The first-order valence-electron chi connectivity index (χ1n) is 5.01. The highest BCUT2D eigenvalue weighted by atomic mass is 32.2. The van der Waals surface area contributed by atoms with Crippen LogP contribution in [0.3, 0.4) is 0 Å². The largest absolute Gasteiger partial charge is 0.460 e. The van der Waals surface area contributed by atoms with Crippen LogP contribution in [0.15, 0.2) is 23.1 Å². The van der Waals surface area contributed by atoms with E-state index in [0.29, 0.717) is 0 Å². The minimum absolute atomic E-state index is 0.220. The van der Waals surface area contributed by atoms with E-state index in [9.17, 15) is 9.59 Å². The zero-order valence-electron chi connectivity index (χ0n) is 9.57. The Morgan fingerprint density at radius 1 is 1.31 bits per heavy atom. The van der Waals surface area contributed by atoms with Crippen LogP contribution in [0.1, 0.15) is 18.1 Å². The van der Waals surface area contributed by atoms with Gasteiger partial charge in [-0.15, -0.1) is 0 Å². The summed E-state index contributed by atoms with van der Waals surface area (Å²) in [6, 6.07) is 5.65. The maximum absolute atomic E-state index is 11.5. The third-order valence-electron chi connectivity index (χ3n) is 2.20. The molecule has 4 heteroatoms. The fourth-order valence-corrected chi connectivity index (χ4v) is 1.97. The Kier molecular flexibility index (Phi) is 4.55. The lowest BCUT2D eigenvalue weighted by Crippen LogP contribution is -2.13. The molecule has 0 heterocycles. The van der Waals surface area contributed by atoms with Crippen LogP contribution >= 0.6 is 11.8 Å².